The maximum absolute atomic E-state index is 13.6. The number of halogens is 2. The number of carbonyl (C=O) groups is 1. The molecule has 6 nitrogen and oxygen atoms in total. The highest BCUT2D eigenvalue weighted by Gasteiger charge is 2.41. The van der Waals surface area contributed by atoms with Crippen molar-refractivity contribution in [2.24, 2.45) is 5.41 Å². The summed E-state index contributed by atoms with van der Waals surface area (Å²) in [6.07, 6.45) is 0.231. The summed E-state index contributed by atoms with van der Waals surface area (Å²) in [5, 5.41) is 9.33. The molecule has 0 atom stereocenters. The second-order valence-electron chi connectivity index (χ2n) is 5.07. The molecule has 0 aliphatic carbocycles. The highest BCUT2D eigenvalue weighted by Crippen LogP contribution is 2.31. The van der Waals surface area contributed by atoms with Crippen molar-refractivity contribution in [2.75, 3.05) is 19.8 Å². The Balaban J connectivity index is 2.24. The molecule has 1 aromatic carbocycles. The van der Waals surface area contributed by atoms with Gasteiger partial charge in [0.15, 0.2) is 4.90 Å². The minimum Gasteiger partial charge on any atom is -0.481 e. The van der Waals surface area contributed by atoms with Crippen molar-refractivity contribution >= 4 is 16.0 Å². The molecular weight excluding hydrogens is 320 g/mol. The van der Waals surface area contributed by atoms with Gasteiger partial charge in [0.05, 0.1) is 5.41 Å². The zero-order chi connectivity index (χ0) is 16.4. The Morgan fingerprint density at radius 1 is 1.27 bits per heavy atom. The average Bonchev–Trinajstić information content (AvgIpc) is 2.46. The summed E-state index contributed by atoms with van der Waals surface area (Å²) in [5.74, 6) is -3.64. The van der Waals surface area contributed by atoms with E-state index in [2.05, 4.69) is 0 Å². The maximum Gasteiger partial charge on any atom is 0.311 e. The molecule has 1 aliphatic rings. The number of hydrogen-bond acceptors (Lipinski definition) is 4. The van der Waals surface area contributed by atoms with Crippen LogP contribution in [-0.4, -0.2) is 39.3 Å². The van der Waals surface area contributed by atoms with Gasteiger partial charge in [0.1, 0.15) is 11.6 Å². The molecular formula is C13H15F2NO5S. The molecule has 122 valence electrons. The van der Waals surface area contributed by atoms with Gasteiger partial charge in [-0.25, -0.2) is 21.9 Å². The number of carboxylic acids is 1. The Kier molecular flexibility index (Phi) is 4.78. The third-order valence-electron chi connectivity index (χ3n) is 3.69. The van der Waals surface area contributed by atoms with Gasteiger partial charge < -0.3 is 9.84 Å². The third kappa shape index (κ3) is 3.26. The first-order valence-corrected chi connectivity index (χ1v) is 8.02. The van der Waals surface area contributed by atoms with Crippen LogP contribution in [0.25, 0.3) is 0 Å². The number of aliphatic carboxylic acids is 1. The molecule has 22 heavy (non-hydrogen) atoms. The van der Waals surface area contributed by atoms with Crippen LogP contribution in [0.2, 0.25) is 0 Å². The van der Waals surface area contributed by atoms with Gasteiger partial charge in [-0.1, -0.05) is 6.07 Å². The molecule has 2 rings (SSSR count). The molecule has 0 radical (unpaired) electrons. The molecule has 1 fully saturated rings. The van der Waals surface area contributed by atoms with Crippen LogP contribution >= 0.6 is 0 Å². The molecule has 9 heteroatoms. The molecule has 1 saturated heterocycles. The normalized spacial score (nSPS) is 18.1. The van der Waals surface area contributed by atoms with E-state index in [0.717, 1.165) is 18.2 Å². The van der Waals surface area contributed by atoms with Crippen LogP contribution in [0.3, 0.4) is 0 Å². The van der Waals surface area contributed by atoms with E-state index >= 15 is 0 Å². The minimum absolute atomic E-state index is 0.116. The molecule has 0 spiro atoms. The zero-order valence-electron chi connectivity index (χ0n) is 11.5. The predicted molar refractivity (Wildman–Crippen MR) is 71.7 cm³/mol. The first kappa shape index (κ1) is 16.8. The lowest BCUT2D eigenvalue weighted by molar-refractivity contribution is -0.154. The predicted octanol–water partition coefficient (Wildman–Crippen LogP) is 1.12. The second-order valence-corrected chi connectivity index (χ2v) is 6.78. The van der Waals surface area contributed by atoms with Gasteiger partial charge in [-0.2, -0.15) is 0 Å². The highest BCUT2D eigenvalue weighted by atomic mass is 32.2. The topological polar surface area (TPSA) is 92.7 Å². The van der Waals surface area contributed by atoms with E-state index in [1.165, 1.54) is 0 Å². The second kappa shape index (κ2) is 6.27. The maximum atomic E-state index is 13.6. The van der Waals surface area contributed by atoms with Crippen molar-refractivity contribution in [1.29, 1.82) is 0 Å². The van der Waals surface area contributed by atoms with Gasteiger partial charge >= 0.3 is 5.97 Å². The lowest BCUT2D eigenvalue weighted by atomic mass is 9.80. The van der Waals surface area contributed by atoms with Crippen molar-refractivity contribution in [2.45, 2.75) is 17.7 Å². The van der Waals surface area contributed by atoms with E-state index in [1.54, 1.807) is 0 Å². The number of carboxylic acid groups (broad SMARTS) is 1. The Morgan fingerprint density at radius 2 is 1.82 bits per heavy atom. The highest BCUT2D eigenvalue weighted by molar-refractivity contribution is 7.89. The summed E-state index contributed by atoms with van der Waals surface area (Å²) in [4.78, 5) is 10.3. The molecule has 1 aliphatic heterocycles. The number of nitrogens with one attached hydrogen (secondary N) is 1. The van der Waals surface area contributed by atoms with E-state index in [0.29, 0.717) is 0 Å². The van der Waals surface area contributed by atoms with Gasteiger partial charge in [0.25, 0.3) is 0 Å². The summed E-state index contributed by atoms with van der Waals surface area (Å²) >= 11 is 0. The van der Waals surface area contributed by atoms with E-state index in [4.69, 9.17) is 4.74 Å². The number of sulfonamides is 1. The summed E-state index contributed by atoms with van der Waals surface area (Å²) in [7, 11) is -4.50. The average molecular weight is 335 g/mol. The third-order valence-corrected chi connectivity index (χ3v) is 5.14. The van der Waals surface area contributed by atoms with Crippen LogP contribution in [0.1, 0.15) is 12.8 Å². The van der Waals surface area contributed by atoms with Gasteiger partial charge in [-0.05, 0) is 25.0 Å². The molecule has 0 saturated carbocycles. The Labute approximate surface area is 126 Å². The number of benzene rings is 1. The zero-order valence-corrected chi connectivity index (χ0v) is 12.3. The molecule has 2 N–H and O–H groups in total. The summed E-state index contributed by atoms with van der Waals surface area (Å²) < 4.78 is 58.3. The SMILES string of the molecule is O=C(O)C1(CNS(=O)(=O)c2c(F)cccc2F)CCOCC1. The van der Waals surface area contributed by atoms with Crippen molar-refractivity contribution < 1.29 is 31.8 Å². The molecule has 0 unspecified atom stereocenters. The minimum atomic E-state index is -4.50. The quantitative estimate of drug-likeness (QED) is 0.841. The van der Waals surface area contributed by atoms with Crippen molar-refractivity contribution in [3.63, 3.8) is 0 Å². The largest absolute Gasteiger partial charge is 0.481 e. The number of rotatable bonds is 5. The van der Waals surface area contributed by atoms with Gasteiger partial charge in [-0.3, -0.25) is 4.79 Å². The van der Waals surface area contributed by atoms with Crippen LogP contribution in [-0.2, 0) is 19.6 Å². The fraction of sp³-hybridized carbons (Fsp3) is 0.462. The van der Waals surface area contributed by atoms with Crippen LogP contribution < -0.4 is 4.72 Å². The van der Waals surface area contributed by atoms with Crippen LogP contribution in [0.4, 0.5) is 8.78 Å². The van der Waals surface area contributed by atoms with E-state index < -0.39 is 44.5 Å². The van der Waals surface area contributed by atoms with Gasteiger partial charge in [-0.15, -0.1) is 0 Å². The first-order chi connectivity index (χ1) is 10.3. The lowest BCUT2D eigenvalue weighted by Gasteiger charge is -2.33. The first-order valence-electron chi connectivity index (χ1n) is 6.53. The summed E-state index contributed by atoms with van der Waals surface area (Å²) in [6.45, 7) is -0.0913. The van der Waals surface area contributed by atoms with Crippen LogP contribution in [0, 0.1) is 17.0 Å². The lowest BCUT2D eigenvalue weighted by Crippen LogP contribution is -2.46. The molecule has 1 aromatic rings. The number of ether oxygens (including phenoxy) is 1. The molecule has 1 heterocycles. The number of hydrogen-bond donors (Lipinski definition) is 2. The van der Waals surface area contributed by atoms with E-state index in [9.17, 15) is 27.1 Å². The molecule has 0 amide bonds. The smallest absolute Gasteiger partial charge is 0.311 e. The van der Waals surface area contributed by atoms with E-state index in [1.807, 2.05) is 4.72 Å². The Morgan fingerprint density at radius 3 is 2.32 bits per heavy atom. The molecule has 0 aromatic heterocycles. The summed E-state index contributed by atoms with van der Waals surface area (Å²) in [6, 6.07) is 2.68. The monoisotopic (exact) mass is 335 g/mol. The van der Waals surface area contributed by atoms with Crippen LogP contribution in [0.15, 0.2) is 23.1 Å². The van der Waals surface area contributed by atoms with Gasteiger partial charge in [0.2, 0.25) is 10.0 Å². The molecule has 0 bridgehead atoms. The van der Waals surface area contributed by atoms with Crippen molar-refractivity contribution in [1.82, 2.24) is 4.72 Å². The van der Waals surface area contributed by atoms with Crippen LogP contribution in [0.5, 0.6) is 0 Å². The summed E-state index contributed by atoms with van der Waals surface area (Å²) in [5.41, 5.74) is -1.34. The standard InChI is InChI=1S/C13H15F2NO5S/c14-9-2-1-3-10(15)11(9)22(19,20)16-8-13(12(17)18)4-6-21-7-5-13/h1-3,16H,4-8H2,(H,17,18). The van der Waals surface area contributed by atoms with Gasteiger partial charge in [0, 0.05) is 19.8 Å². The Bertz CT molecular complexity index is 651. The van der Waals surface area contributed by atoms with Crippen molar-refractivity contribution in [3.8, 4) is 0 Å². The fourth-order valence-electron chi connectivity index (χ4n) is 2.27. The fourth-order valence-corrected chi connectivity index (χ4v) is 3.53. The van der Waals surface area contributed by atoms with Crippen molar-refractivity contribution in [3.05, 3.63) is 29.8 Å². The Hall–Kier alpha value is -1.58. The van der Waals surface area contributed by atoms with E-state index in [-0.39, 0.29) is 26.1 Å².